The zero-order valence-electron chi connectivity index (χ0n) is 14.8. The average molecular weight is 461 g/mol. The first kappa shape index (κ1) is 21.1. The standard InChI is InChI=1S/C17H18BrFN2O5S/c1-21(2)27(23,24)16-9-12(5-7-15(16)25-3)20-17(22)10-26-14-6-4-11(18)8-13(14)19/h4-9H,10H2,1-3H3,(H,20,22). The van der Waals surface area contributed by atoms with Crippen molar-refractivity contribution in [1.82, 2.24) is 4.31 Å². The second-order valence-corrected chi connectivity index (χ2v) is 8.60. The Kier molecular flexibility index (Phi) is 6.79. The van der Waals surface area contributed by atoms with E-state index in [1.165, 1.54) is 51.5 Å². The number of rotatable bonds is 7. The molecule has 146 valence electrons. The van der Waals surface area contributed by atoms with Gasteiger partial charge >= 0.3 is 0 Å². The maximum absolute atomic E-state index is 13.7. The van der Waals surface area contributed by atoms with E-state index in [4.69, 9.17) is 9.47 Å². The van der Waals surface area contributed by atoms with Crippen LogP contribution in [-0.4, -0.2) is 46.4 Å². The largest absolute Gasteiger partial charge is 0.495 e. The highest BCUT2D eigenvalue weighted by molar-refractivity contribution is 9.10. The first-order chi connectivity index (χ1) is 12.6. The quantitative estimate of drug-likeness (QED) is 0.686. The Hall–Kier alpha value is -2.17. The minimum Gasteiger partial charge on any atom is -0.495 e. The first-order valence-electron chi connectivity index (χ1n) is 7.63. The number of halogens is 2. The molecule has 0 saturated heterocycles. The monoisotopic (exact) mass is 460 g/mol. The fourth-order valence-electron chi connectivity index (χ4n) is 2.09. The van der Waals surface area contributed by atoms with E-state index in [1.54, 1.807) is 6.07 Å². The van der Waals surface area contributed by atoms with Crippen LogP contribution in [0.4, 0.5) is 10.1 Å². The van der Waals surface area contributed by atoms with Gasteiger partial charge in [-0.3, -0.25) is 4.79 Å². The third-order valence-electron chi connectivity index (χ3n) is 3.46. The number of methoxy groups -OCH3 is 1. The molecule has 0 aliphatic carbocycles. The van der Waals surface area contributed by atoms with E-state index >= 15 is 0 Å². The Labute approximate surface area is 165 Å². The highest BCUT2D eigenvalue weighted by Gasteiger charge is 2.23. The smallest absolute Gasteiger partial charge is 0.262 e. The third-order valence-corrected chi connectivity index (χ3v) is 5.79. The molecule has 0 radical (unpaired) electrons. The molecule has 0 aliphatic heterocycles. The molecule has 0 bridgehead atoms. The fraction of sp³-hybridized carbons (Fsp3) is 0.235. The number of benzene rings is 2. The molecule has 7 nitrogen and oxygen atoms in total. The van der Waals surface area contributed by atoms with Gasteiger partial charge in [0, 0.05) is 24.3 Å². The van der Waals surface area contributed by atoms with E-state index < -0.39 is 28.4 Å². The van der Waals surface area contributed by atoms with Gasteiger partial charge in [-0.2, -0.15) is 0 Å². The molecule has 0 heterocycles. The highest BCUT2D eigenvalue weighted by Crippen LogP contribution is 2.29. The zero-order chi connectivity index (χ0) is 20.2. The SMILES string of the molecule is COc1ccc(NC(=O)COc2ccc(Br)cc2F)cc1S(=O)(=O)N(C)C. The van der Waals surface area contributed by atoms with Gasteiger partial charge in [-0.1, -0.05) is 15.9 Å². The van der Waals surface area contributed by atoms with Gasteiger partial charge in [0.15, 0.2) is 18.2 Å². The maximum atomic E-state index is 13.7. The molecule has 10 heteroatoms. The predicted octanol–water partition coefficient (Wildman–Crippen LogP) is 2.86. The molecule has 0 atom stereocenters. The molecule has 2 aromatic carbocycles. The number of carbonyl (C=O) groups is 1. The van der Waals surface area contributed by atoms with Crippen molar-refractivity contribution in [3.8, 4) is 11.5 Å². The molecule has 0 fully saturated rings. The summed E-state index contributed by atoms with van der Waals surface area (Å²) < 4.78 is 50.3. The van der Waals surface area contributed by atoms with Crippen molar-refractivity contribution in [1.29, 1.82) is 0 Å². The number of hydrogen-bond donors (Lipinski definition) is 1. The van der Waals surface area contributed by atoms with Crippen LogP contribution in [0, 0.1) is 5.82 Å². The number of nitrogens with zero attached hydrogens (tertiary/aromatic N) is 1. The van der Waals surface area contributed by atoms with Crippen molar-refractivity contribution in [3.05, 3.63) is 46.7 Å². The van der Waals surface area contributed by atoms with Gasteiger partial charge < -0.3 is 14.8 Å². The summed E-state index contributed by atoms with van der Waals surface area (Å²) in [5, 5.41) is 2.51. The normalized spacial score (nSPS) is 11.3. The molecular weight excluding hydrogens is 443 g/mol. The number of anilines is 1. The van der Waals surface area contributed by atoms with Gasteiger partial charge in [0.1, 0.15) is 10.6 Å². The van der Waals surface area contributed by atoms with E-state index in [1.807, 2.05) is 0 Å². The van der Waals surface area contributed by atoms with E-state index in [2.05, 4.69) is 21.2 Å². The van der Waals surface area contributed by atoms with Crippen LogP contribution in [0.5, 0.6) is 11.5 Å². The molecule has 0 aromatic heterocycles. The summed E-state index contributed by atoms with van der Waals surface area (Å²) in [6, 6.07) is 8.40. The lowest BCUT2D eigenvalue weighted by molar-refractivity contribution is -0.118. The van der Waals surface area contributed by atoms with Gasteiger partial charge in [0.25, 0.3) is 5.91 Å². The van der Waals surface area contributed by atoms with Crippen molar-refractivity contribution < 1.29 is 27.1 Å². The summed E-state index contributed by atoms with van der Waals surface area (Å²) in [5.74, 6) is -1.11. The lowest BCUT2D eigenvalue weighted by Crippen LogP contribution is -2.24. The third kappa shape index (κ3) is 5.18. The van der Waals surface area contributed by atoms with Crippen molar-refractivity contribution in [2.24, 2.45) is 0 Å². The topological polar surface area (TPSA) is 84.9 Å². The molecule has 1 amide bonds. The second-order valence-electron chi connectivity index (χ2n) is 5.56. The second kappa shape index (κ2) is 8.68. The van der Waals surface area contributed by atoms with E-state index in [0.29, 0.717) is 4.47 Å². The maximum Gasteiger partial charge on any atom is 0.262 e. The minimum absolute atomic E-state index is 0.0704. The van der Waals surface area contributed by atoms with Gasteiger partial charge in [-0.25, -0.2) is 17.1 Å². The Bertz CT molecular complexity index is 950. The van der Waals surface area contributed by atoms with Crippen LogP contribution in [-0.2, 0) is 14.8 Å². The van der Waals surface area contributed by atoms with Crippen LogP contribution in [0.3, 0.4) is 0 Å². The van der Waals surface area contributed by atoms with E-state index in [0.717, 1.165) is 4.31 Å². The molecular formula is C17H18BrFN2O5S. The molecule has 0 spiro atoms. The summed E-state index contributed by atoms with van der Waals surface area (Å²) in [6.45, 7) is -0.444. The molecule has 2 rings (SSSR count). The van der Waals surface area contributed by atoms with Crippen LogP contribution in [0.1, 0.15) is 0 Å². The molecule has 2 aromatic rings. The Morgan fingerprint density at radius 1 is 1.19 bits per heavy atom. The van der Waals surface area contributed by atoms with Crippen LogP contribution < -0.4 is 14.8 Å². The Morgan fingerprint density at radius 2 is 1.85 bits per heavy atom. The number of sulfonamides is 1. The summed E-state index contributed by atoms with van der Waals surface area (Å²) in [6.07, 6.45) is 0. The van der Waals surface area contributed by atoms with Crippen molar-refractivity contribution in [3.63, 3.8) is 0 Å². The van der Waals surface area contributed by atoms with E-state index in [-0.39, 0.29) is 22.1 Å². The Morgan fingerprint density at radius 3 is 2.44 bits per heavy atom. The summed E-state index contributed by atoms with van der Waals surface area (Å²) in [7, 11) is 0.358. The molecule has 0 aliphatic rings. The van der Waals surface area contributed by atoms with Crippen molar-refractivity contribution >= 4 is 37.5 Å². The molecule has 27 heavy (non-hydrogen) atoms. The Balaban J connectivity index is 2.14. The molecule has 0 unspecified atom stereocenters. The zero-order valence-corrected chi connectivity index (χ0v) is 17.2. The number of ether oxygens (including phenoxy) is 2. The number of hydrogen-bond acceptors (Lipinski definition) is 5. The van der Waals surface area contributed by atoms with Gasteiger partial charge in [0.05, 0.1) is 7.11 Å². The van der Waals surface area contributed by atoms with Crippen LogP contribution >= 0.6 is 15.9 Å². The lowest BCUT2D eigenvalue weighted by atomic mass is 10.3. The van der Waals surface area contributed by atoms with Gasteiger partial charge in [-0.05, 0) is 36.4 Å². The molecule has 0 saturated carbocycles. The highest BCUT2D eigenvalue weighted by atomic mass is 79.9. The molecule has 1 N–H and O–H groups in total. The first-order valence-corrected chi connectivity index (χ1v) is 9.86. The minimum atomic E-state index is -3.77. The van der Waals surface area contributed by atoms with Crippen LogP contribution in [0.25, 0.3) is 0 Å². The predicted molar refractivity (Wildman–Crippen MR) is 102 cm³/mol. The van der Waals surface area contributed by atoms with E-state index in [9.17, 15) is 17.6 Å². The van der Waals surface area contributed by atoms with Gasteiger partial charge in [0.2, 0.25) is 10.0 Å². The van der Waals surface area contributed by atoms with Crippen LogP contribution in [0.15, 0.2) is 45.8 Å². The number of amides is 1. The lowest BCUT2D eigenvalue weighted by Gasteiger charge is -2.16. The summed E-state index contributed by atoms with van der Waals surface area (Å²) in [4.78, 5) is 12.0. The fourth-order valence-corrected chi connectivity index (χ4v) is 3.49. The summed E-state index contributed by atoms with van der Waals surface area (Å²) in [5.41, 5.74) is 0.237. The number of nitrogens with one attached hydrogen (secondary N) is 1. The van der Waals surface area contributed by atoms with Crippen LogP contribution in [0.2, 0.25) is 0 Å². The summed E-state index contributed by atoms with van der Waals surface area (Å²) >= 11 is 3.13. The van der Waals surface area contributed by atoms with Crippen molar-refractivity contribution in [2.45, 2.75) is 4.90 Å². The number of carbonyl (C=O) groups excluding carboxylic acids is 1. The average Bonchev–Trinajstić information content (AvgIpc) is 2.60. The van der Waals surface area contributed by atoms with Crippen molar-refractivity contribution in [2.75, 3.05) is 33.1 Å². The van der Waals surface area contributed by atoms with Gasteiger partial charge in [-0.15, -0.1) is 0 Å².